The molecule has 0 saturated carbocycles. The van der Waals surface area contributed by atoms with Crippen LogP contribution in [-0.4, -0.2) is 39.4 Å². The number of carbonyl (C=O) groups is 1. The molecule has 2 aliphatic rings. The quantitative estimate of drug-likeness (QED) is 0.130. The molecule has 8 heteroatoms. The minimum atomic E-state index is -1.25. The summed E-state index contributed by atoms with van der Waals surface area (Å²) in [5.74, 6) is 2.93. The van der Waals surface area contributed by atoms with Crippen LogP contribution >= 0.6 is 0 Å². The summed E-state index contributed by atoms with van der Waals surface area (Å²) in [7, 11) is 1.65. The number of carbonyl (C=O) groups excluding carboxylic acids is 1. The highest BCUT2D eigenvalue weighted by Crippen LogP contribution is 2.59. The molecule has 0 saturated heterocycles. The molecule has 8 nitrogen and oxygen atoms in total. The molecule has 250 valence electrons. The molecule has 2 heterocycles. The van der Waals surface area contributed by atoms with Crippen molar-refractivity contribution in [3.8, 4) is 28.7 Å². The summed E-state index contributed by atoms with van der Waals surface area (Å²) in [5, 5.41) is 0. The smallest absolute Gasteiger partial charge is 0.340 e. The molecule has 0 radical (unpaired) electrons. The second-order valence-corrected chi connectivity index (χ2v) is 11.8. The van der Waals surface area contributed by atoms with Gasteiger partial charge < -0.3 is 33.5 Å². The van der Waals surface area contributed by atoms with Gasteiger partial charge >= 0.3 is 5.97 Å². The van der Waals surface area contributed by atoms with Crippen LogP contribution in [-0.2, 0) is 10.3 Å². The van der Waals surface area contributed by atoms with Crippen molar-refractivity contribution < 1.29 is 28.5 Å². The monoisotopic (exact) mass is 656 g/mol. The van der Waals surface area contributed by atoms with Crippen LogP contribution in [0.4, 0.5) is 22.7 Å². The minimum Gasteiger partial charge on any atom is -0.494 e. The predicted molar refractivity (Wildman–Crippen MR) is 192 cm³/mol. The first-order valence-corrected chi connectivity index (χ1v) is 16.8. The van der Waals surface area contributed by atoms with Gasteiger partial charge in [-0.2, -0.15) is 0 Å². The molecular weight excluding hydrogens is 616 g/mol. The van der Waals surface area contributed by atoms with Crippen LogP contribution in [0.3, 0.4) is 0 Å². The van der Waals surface area contributed by atoms with E-state index in [9.17, 15) is 4.79 Å². The molecule has 5 aromatic rings. The molecule has 0 aliphatic carbocycles. The van der Waals surface area contributed by atoms with Gasteiger partial charge in [0.25, 0.3) is 0 Å². The second-order valence-electron chi connectivity index (χ2n) is 11.8. The van der Waals surface area contributed by atoms with Crippen LogP contribution in [0.25, 0.3) is 0 Å². The molecule has 0 fully saturated rings. The van der Waals surface area contributed by atoms with Gasteiger partial charge in [0.2, 0.25) is 0 Å². The van der Waals surface area contributed by atoms with Gasteiger partial charge in [0.05, 0.1) is 31.6 Å². The summed E-state index contributed by atoms with van der Waals surface area (Å²) >= 11 is 0. The van der Waals surface area contributed by atoms with Crippen LogP contribution in [0.15, 0.2) is 103 Å². The zero-order chi connectivity index (χ0) is 34.1. The van der Waals surface area contributed by atoms with Gasteiger partial charge in [0.15, 0.2) is 5.60 Å². The van der Waals surface area contributed by atoms with Crippen LogP contribution in [0.1, 0.15) is 54.7 Å². The first-order chi connectivity index (χ1) is 23.9. The van der Waals surface area contributed by atoms with Crippen molar-refractivity contribution in [1.82, 2.24) is 0 Å². The summed E-state index contributed by atoms with van der Waals surface area (Å²) in [6.45, 7) is 11.0. The molecule has 1 atom stereocenters. The van der Waals surface area contributed by atoms with Crippen molar-refractivity contribution in [3.05, 3.63) is 125 Å². The van der Waals surface area contributed by atoms with E-state index in [2.05, 4.69) is 29.7 Å². The summed E-state index contributed by atoms with van der Waals surface area (Å²) in [6, 6.07) is 33.5. The lowest BCUT2D eigenvalue weighted by Crippen LogP contribution is -2.33. The van der Waals surface area contributed by atoms with Gasteiger partial charge in [-0.1, -0.05) is 18.2 Å². The molecule has 5 aromatic carbocycles. The van der Waals surface area contributed by atoms with E-state index in [1.165, 1.54) is 0 Å². The Morgan fingerprint density at radius 2 is 1.24 bits per heavy atom. The number of anilines is 4. The first kappa shape index (κ1) is 31.9. The molecule has 7 rings (SSSR count). The van der Waals surface area contributed by atoms with Gasteiger partial charge in [-0.25, -0.2) is 4.79 Å². The minimum absolute atomic E-state index is 0.380. The number of hydrogen-bond acceptors (Lipinski definition) is 8. The third kappa shape index (κ3) is 5.37. The molecule has 2 aliphatic heterocycles. The van der Waals surface area contributed by atoms with E-state index in [0.29, 0.717) is 41.6 Å². The number of rotatable bonds is 11. The standard InChI is InChI=1S/C41H40N2O6/c1-6-42(7-2)29-18-23-34-37(24-29)48-38-26-39(45-5)36(25-35(38)41(34)33-13-11-10-12-32(33)40(44)49-41)43(27-14-19-30(20-15-27)46-8-3)28-16-21-31(22-17-28)47-9-4/h10-26H,6-9H2,1-5H3. The Balaban J connectivity index is 1.47. The lowest BCUT2D eigenvalue weighted by Gasteiger charge is -2.38. The maximum Gasteiger partial charge on any atom is 0.340 e. The maximum absolute atomic E-state index is 13.7. The number of fused-ring (bicyclic) bond motifs is 6. The molecule has 1 unspecified atom stereocenters. The Kier molecular flexibility index (Phi) is 8.55. The fourth-order valence-electron chi connectivity index (χ4n) is 6.94. The normalized spacial score (nSPS) is 15.4. The first-order valence-electron chi connectivity index (χ1n) is 16.8. The van der Waals surface area contributed by atoms with E-state index in [0.717, 1.165) is 58.5 Å². The Hall–Kier alpha value is -5.63. The van der Waals surface area contributed by atoms with Gasteiger partial charge in [0.1, 0.15) is 28.7 Å². The topological polar surface area (TPSA) is 69.7 Å². The maximum atomic E-state index is 13.7. The highest BCUT2D eigenvalue weighted by Gasteiger charge is 2.54. The van der Waals surface area contributed by atoms with Crippen molar-refractivity contribution in [2.75, 3.05) is 43.2 Å². The Morgan fingerprint density at radius 3 is 1.84 bits per heavy atom. The molecule has 0 N–H and O–H groups in total. The summed E-state index contributed by atoms with van der Waals surface area (Å²) in [5.41, 5.74) is 5.04. The van der Waals surface area contributed by atoms with Crippen LogP contribution in [0, 0.1) is 0 Å². The predicted octanol–water partition coefficient (Wildman–Crippen LogP) is 9.38. The zero-order valence-electron chi connectivity index (χ0n) is 28.5. The van der Waals surface area contributed by atoms with E-state index in [1.807, 2.05) is 111 Å². The van der Waals surface area contributed by atoms with Crippen LogP contribution in [0.5, 0.6) is 28.7 Å². The van der Waals surface area contributed by atoms with Crippen molar-refractivity contribution in [2.24, 2.45) is 0 Å². The number of nitrogens with zero attached hydrogens (tertiary/aromatic N) is 2. The van der Waals surface area contributed by atoms with Crippen molar-refractivity contribution in [2.45, 2.75) is 33.3 Å². The SMILES string of the molecule is CCOc1ccc(N(c2ccc(OCC)cc2)c2cc3c(cc2OC)Oc2cc(N(CC)CC)ccc2C32OC(=O)c3ccccc32)cc1. The van der Waals surface area contributed by atoms with Crippen LogP contribution < -0.4 is 28.7 Å². The van der Waals surface area contributed by atoms with E-state index in [1.54, 1.807) is 7.11 Å². The molecular formula is C41H40N2O6. The Labute approximate surface area is 287 Å². The zero-order valence-corrected chi connectivity index (χ0v) is 28.5. The number of ether oxygens (including phenoxy) is 5. The lowest BCUT2D eigenvalue weighted by atomic mass is 9.77. The second kappa shape index (κ2) is 13.1. The highest BCUT2D eigenvalue weighted by molar-refractivity contribution is 5.97. The molecule has 0 bridgehead atoms. The molecule has 49 heavy (non-hydrogen) atoms. The highest BCUT2D eigenvalue weighted by atomic mass is 16.6. The number of methoxy groups -OCH3 is 1. The van der Waals surface area contributed by atoms with Crippen molar-refractivity contribution >= 4 is 28.7 Å². The van der Waals surface area contributed by atoms with Gasteiger partial charge in [-0.05, 0) is 100 Å². The Morgan fingerprint density at radius 1 is 0.653 bits per heavy atom. The van der Waals surface area contributed by atoms with E-state index in [4.69, 9.17) is 23.7 Å². The summed E-state index contributed by atoms with van der Waals surface area (Å²) in [6.07, 6.45) is 0. The van der Waals surface area contributed by atoms with Gasteiger partial charge in [-0.3, -0.25) is 0 Å². The van der Waals surface area contributed by atoms with Crippen molar-refractivity contribution in [1.29, 1.82) is 0 Å². The van der Waals surface area contributed by atoms with Gasteiger partial charge in [-0.15, -0.1) is 0 Å². The lowest BCUT2D eigenvalue weighted by molar-refractivity contribution is 0.0224. The third-order valence-corrected chi connectivity index (χ3v) is 9.18. The average molecular weight is 657 g/mol. The summed E-state index contributed by atoms with van der Waals surface area (Å²) in [4.78, 5) is 18.0. The van der Waals surface area contributed by atoms with E-state index >= 15 is 0 Å². The number of benzene rings is 5. The third-order valence-electron chi connectivity index (χ3n) is 9.18. The Bertz CT molecular complexity index is 1940. The van der Waals surface area contributed by atoms with E-state index in [-0.39, 0.29) is 5.97 Å². The largest absolute Gasteiger partial charge is 0.494 e. The number of hydrogen-bond donors (Lipinski definition) is 0. The van der Waals surface area contributed by atoms with Crippen LogP contribution in [0.2, 0.25) is 0 Å². The molecule has 0 amide bonds. The van der Waals surface area contributed by atoms with Crippen molar-refractivity contribution in [3.63, 3.8) is 0 Å². The fourth-order valence-corrected chi connectivity index (χ4v) is 6.94. The number of esters is 1. The molecule has 1 spiro atoms. The average Bonchev–Trinajstić information content (AvgIpc) is 3.42. The summed E-state index contributed by atoms with van der Waals surface area (Å²) < 4.78 is 30.9. The fraction of sp³-hybridized carbons (Fsp3) is 0.244. The molecule has 0 aromatic heterocycles. The van der Waals surface area contributed by atoms with Gasteiger partial charge in [0, 0.05) is 59.0 Å². The van der Waals surface area contributed by atoms with E-state index < -0.39 is 5.60 Å².